The van der Waals surface area contributed by atoms with Gasteiger partial charge in [0, 0.05) is 6.54 Å². The van der Waals surface area contributed by atoms with Crippen molar-refractivity contribution in [3.05, 3.63) is 0 Å². The molecule has 12 nitrogen and oxygen atoms in total. The van der Waals surface area contributed by atoms with Crippen LogP contribution in [0.2, 0.25) is 0 Å². The van der Waals surface area contributed by atoms with Crippen LogP contribution in [0.3, 0.4) is 0 Å². The lowest BCUT2D eigenvalue weighted by Gasteiger charge is -2.19. The number of nitrogens with two attached hydrogens (primary N) is 4. The second kappa shape index (κ2) is 10.8. The number of nitrogens with zero attached hydrogens (tertiary/aromatic N) is 1. The molecule has 0 aliphatic rings. The molecule has 0 spiro atoms. The first-order valence-corrected chi connectivity index (χ1v) is 7.47. The summed E-state index contributed by atoms with van der Waals surface area (Å²) in [6.07, 6.45) is 0.0573. The zero-order valence-electron chi connectivity index (χ0n) is 13.9. The highest BCUT2D eigenvalue weighted by Crippen LogP contribution is 2.00. The van der Waals surface area contributed by atoms with E-state index in [1.54, 1.807) is 0 Å². The molecular formula is C13H25N7O5. The topological polar surface area (TPSA) is 229 Å². The molecule has 3 atom stereocenters. The second-order valence-corrected chi connectivity index (χ2v) is 5.36. The van der Waals surface area contributed by atoms with Crippen molar-refractivity contribution >= 4 is 29.7 Å². The Hall–Kier alpha value is -2.89. The van der Waals surface area contributed by atoms with Crippen LogP contribution in [-0.2, 0) is 19.2 Å². The Morgan fingerprint density at radius 3 is 2.16 bits per heavy atom. The molecule has 0 saturated heterocycles. The van der Waals surface area contributed by atoms with Gasteiger partial charge in [-0.2, -0.15) is 0 Å². The highest BCUT2D eigenvalue weighted by atomic mass is 16.4. The molecule has 0 bridgehead atoms. The second-order valence-electron chi connectivity index (χ2n) is 5.36. The van der Waals surface area contributed by atoms with E-state index < -0.39 is 41.8 Å². The van der Waals surface area contributed by atoms with Gasteiger partial charge in [0.05, 0.1) is 12.5 Å². The number of rotatable bonds is 11. The summed E-state index contributed by atoms with van der Waals surface area (Å²) < 4.78 is 0. The third kappa shape index (κ3) is 9.76. The molecule has 25 heavy (non-hydrogen) atoms. The number of aliphatic imine (C=N–C) groups is 1. The number of carbonyl (C=O) groups is 4. The van der Waals surface area contributed by atoms with Crippen molar-refractivity contribution in [1.29, 1.82) is 0 Å². The summed E-state index contributed by atoms with van der Waals surface area (Å²) in [6, 6.07) is -3.41. The maximum atomic E-state index is 12.0. The van der Waals surface area contributed by atoms with E-state index in [1.165, 1.54) is 6.92 Å². The first-order valence-electron chi connectivity index (χ1n) is 7.47. The molecule has 0 aromatic carbocycles. The number of aliphatic carboxylic acids is 1. The Morgan fingerprint density at radius 2 is 1.68 bits per heavy atom. The molecule has 0 rings (SSSR count). The molecule has 142 valence electrons. The van der Waals surface area contributed by atoms with E-state index >= 15 is 0 Å². The molecule has 3 unspecified atom stereocenters. The van der Waals surface area contributed by atoms with Crippen LogP contribution in [0.5, 0.6) is 0 Å². The summed E-state index contributed by atoms with van der Waals surface area (Å²) in [5.74, 6) is -3.57. The maximum absolute atomic E-state index is 12.0. The summed E-state index contributed by atoms with van der Waals surface area (Å²) in [5, 5.41) is 13.7. The lowest BCUT2D eigenvalue weighted by Crippen LogP contribution is -2.53. The molecule has 12 heteroatoms. The summed E-state index contributed by atoms with van der Waals surface area (Å²) >= 11 is 0. The minimum Gasteiger partial charge on any atom is -0.480 e. The van der Waals surface area contributed by atoms with Gasteiger partial charge in [0.2, 0.25) is 17.7 Å². The van der Waals surface area contributed by atoms with Gasteiger partial charge >= 0.3 is 5.97 Å². The van der Waals surface area contributed by atoms with Crippen LogP contribution in [0, 0.1) is 0 Å². The van der Waals surface area contributed by atoms with Gasteiger partial charge in [0.25, 0.3) is 0 Å². The van der Waals surface area contributed by atoms with Crippen molar-refractivity contribution < 1.29 is 24.3 Å². The number of amides is 3. The standard InChI is InChI=1S/C13H25N7O5/c1-6(19-11(23)7(14)5-9(15)21)10(22)20-8(12(24)25)3-2-4-18-13(16)17/h6-8H,2-5,14H2,1H3,(H2,15,21)(H,19,23)(H,20,22)(H,24,25)(H4,16,17,18). The van der Waals surface area contributed by atoms with Gasteiger partial charge in [-0.3, -0.25) is 19.4 Å². The van der Waals surface area contributed by atoms with E-state index in [0.29, 0.717) is 6.42 Å². The number of nitrogens with one attached hydrogen (secondary N) is 2. The number of primary amides is 1. The average Bonchev–Trinajstić information content (AvgIpc) is 2.48. The maximum Gasteiger partial charge on any atom is 0.326 e. The Kier molecular flexibility index (Phi) is 9.56. The van der Waals surface area contributed by atoms with Crippen LogP contribution in [0.4, 0.5) is 0 Å². The van der Waals surface area contributed by atoms with Gasteiger partial charge in [-0.15, -0.1) is 0 Å². The molecule has 0 fully saturated rings. The highest BCUT2D eigenvalue weighted by Gasteiger charge is 2.25. The van der Waals surface area contributed by atoms with Gasteiger partial charge < -0.3 is 38.7 Å². The number of hydrogen-bond donors (Lipinski definition) is 7. The monoisotopic (exact) mass is 359 g/mol. The predicted octanol–water partition coefficient (Wildman–Crippen LogP) is -3.68. The molecule has 0 heterocycles. The first-order chi connectivity index (χ1) is 11.5. The third-order valence-electron chi connectivity index (χ3n) is 3.07. The average molecular weight is 359 g/mol. The Morgan fingerprint density at radius 1 is 1.08 bits per heavy atom. The number of carboxylic acid groups (broad SMARTS) is 1. The van der Waals surface area contributed by atoms with Crippen LogP contribution in [0.25, 0.3) is 0 Å². The zero-order chi connectivity index (χ0) is 19.6. The largest absolute Gasteiger partial charge is 0.480 e. The number of guanidine groups is 1. The molecule has 0 radical (unpaired) electrons. The molecule has 0 aromatic rings. The predicted molar refractivity (Wildman–Crippen MR) is 88.9 cm³/mol. The molecule has 0 aliphatic heterocycles. The quantitative estimate of drug-likeness (QED) is 0.110. The number of hydrogen-bond acceptors (Lipinski definition) is 6. The molecular weight excluding hydrogens is 334 g/mol. The SMILES string of the molecule is CC(NC(=O)C(N)CC(N)=O)C(=O)NC(CCCN=C(N)N)C(=O)O. The Labute approximate surface area is 144 Å². The van der Waals surface area contributed by atoms with Gasteiger partial charge in [-0.1, -0.05) is 0 Å². The normalized spacial score (nSPS) is 13.8. The summed E-state index contributed by atoms with van der Waals surface area (Å²) in [7, 11) is 0. The van der Waals surface area contributed by atoms with Crippen molar-refractivity contribution in [3.8, 4) is 0 Å². The summed E-state index contributed by atoms with van der Waals surface area (Å²) in [5.41, 5.74) is 20.7. The lowest BCUT2D eigenvalue weighted by molar-refractivity contribution is -0.142. The fourth-order valence-electron chi connectivity index (χ4n) is 1.75. The molecule has 3 amide bonds. The van der Waals surface area contributed by atoms with Crippen LogP contribution >= 0.6 is 0 Å². The van der Waals surface area contributed by atoms with Gasteiger partial charge in [-0.25, -0.2) is 4.79 Å². The smallest absolute Gasteiger partial charge is 0.326 e. The van der Waals surface area contributed by atoms with Gasteiger partial charge in [0.1, 0.15) is 12.1 Å². The minimum absolute atomic E-state index is 0.0969. The Bertz CT molecular complexity index is 533. The van der Waals surface area contributed by atoms with Gasteiger partial charge in [-0.05, 0) is 19.8 Å². The first kappa shape index (κ1) is 22.1. The van der Waals surface area contributed by atoms with E-state index in [-0.39, 0.29) is 25.3 Å². The fraction of sp³-hybridized carbons (Fsp3) is 0.615. The number of carboxylic acids is 1. The molecule has 11 N–H and O–H groups in total. The van der Waals surface area contributed by atoms with Crippen molar-refractivity contribution in [3.63, 3.8) is 0 Å². The summed E-state index contributed by atoms with van der Waals surface area (Å²) in [6.45, 7) is 1.57. The minimum atomic E-state index is -1.23. The van der Waals surface area contributed by atoms with E-state index in [4.69, 9.17) is 28.0 Å². The fourth-order valence-corrected chi connectivity index (χ4v) is 1.75. The molecule has 0 aromatic heterocycles. The van der Waals surface area contributed by atoms with Crippen molar-refractivity contribution in [2.45, 2.75) is 44.3 Å². The molecule has 0 saturated carbocycles. The van der Waals surface area contributed by atoms with Crippen LogP contribution < -0.4 is 33.6 Å². The Balaban J connectivity index is 4.53. The van der Waals surface area contributed by atoms with Crippen LogP contribution in [0.1, 0.15) is 26.2 Å². The van der Waals surface area contributed by atoms with Crippen molar-refractivity contribution in [1.82, 2.24) is 10.6 Å². The van der Waals surface area contributed by atoms with Gasteiger partial charge in [0.15, 0.2) is 5.96 Å². The zero-order valence-corrected chi connectivity index (χ0v) is 13.9. The van der Waals surface area contributed by atoms with E-state index in [2.05, 4.69) is 15.6 Å². The summed E-state index contributed by atoms with van der Waals surface area (Å²) in [4.78, 5) is 49.3. The highest BCUT2D eigenvalue weighted by molar-refractivity contribution is 5.93. The van der Waals surface area contributed by atoms with E-state index in [9.17, 15) is 19.2 Å². The van der Waals surface area contributed by atoms with Crippen LogP contribution in [-0.4, -0.2) is 59.4 Å². The van der Waals surface area contributed by atoms with E-state index in [1.807, 2.05) is 0 Å². The molecule has 0 aliphatic carbocycles. The number of carbonyl (C=O) groups excluding carboxylic acids is 3. The van der Waals surface area contributed by atoms with Crippen molar-refractivity contribution in [2.75, 3.05) is 6.54 Å². The lowest BCUT2D eigenvalue weighted by atomic mass is 10.1. The van der Waals surface area contributed by atoms with Crippen LogP contribution in [0.15, 0.2) is 4.99 Å². The van der Waals surface area contributed by atoms with E-state index in [0.717, 1.165) is 0 Å². The third-order valence-corrected chi connectivity index (χ3v) is 3.07. The van der Waals surface area contributed by atoms with Crippen molar-refractivity contribution in [2.24, 2.45) is 27.9 Å².